The Labute approximate surface area is 139 Å². The van der Waals surface area contributed by atoms with Crippen molar-refractivity contribution in [3.63, 3.8) is 0 Å². The Hall–Kier alpha value is -0.840. The maximum atomic E-state index is 10.3. The van der Waals surface area contributed by atoms with Crippen molar-refractivity contribution in [1.82, 2.24) is 9.78 Å². The number of aliphatic hydroxyl groups excluding tert-OH is 1. The maximum absolute atomic E-state index is 10.3. The summed E-state index contributed by atoms with van der Waals surface area (Å²) in [7, 11) is 0. The van der Waals surface area contributed by atoms with Gasteiger partial charge in [0.25, 0.3) is 0 Å². The molecule has 0 aliphatic heterocycles. The Balaban J connectivity index is 2.08. The van der Waals surface area contributed by atoms with Gasteiger partial charge in [-0.15, -0.1) is 0 Å². The number of hydrogen-bond acceptors (Lipinski definition) is 2. The van der Waals surface area contributed by atoms with E-state index in [1.165, 1.54) is 0 Å². The predicted molar refractivity (Wildman–Crippen MR) is 89.7 cm³/mol. The van der Waals surface area contributed by atoms with E-state index in [0.717, 1.165) is 28.6 Å². The van der Waals surface area contributed by atoms with Gasteiger partial charge in [-0.1, -0.05) is 31.5 Å². The molecule has 5 heteroatoms. The summed E-state index contributed by atoms with van der Waals surface area (Å²) >= 11 is 9.42. The standard InChI is InChI=1S/C16H20BrClN2O/c1-3-13(4-2)20-8-7-12(19-20)10-16(21)11-5-6-14(17)15(18)9-11/h5-9,13,16,21H,3-4,10H2,1-2H3. The fraction of sp³-hybridized carbons (Fsp3) is 0.438. The van der Waals surface area contributed by atoms with Gasteiger partial charge in [-0.3, -0.25) is 4.68 Å². The molecule has 0 amide bonds. The van der Waals surface area contributed by atoms with Crippen LogP contribution in [0.1, 0.15) is 50.1 Å². The van der Waals surface area contributed by atoms with E-state index >= 15 is 0 Å². The molecule has 2 aromatic rings. The number of aliphatic hydroxyl groups is 1. The van der Waals surface area contributed by atoms with Crippen molar-refractivity contribution in [2.75, 3.05) is 0 Å². The van der Waals surface area contributed by atoms with E-state index in [-0.39, 0.29) is 0 Å². The average molecular weight is 372 g/mol. The summed E-state index contributed by atoms with van der Waals surface area (Å²) in [4.78, 5) is 0. The van der Waals surface area contributed by atoms with Crippen LogP contribution < -0.4 is 0 Å². The van der Waals surface area contributed by atoms with E-state index < -0.39 is 6.10 Å². The van der Waals surface area contributed by atoms with Crippen molar-refractivity contribution < 1.29 is 5.11 Å². The fourth-order valence-electron chi connectivity index (χ4n) is 2.39. The molecule has 0 saturated heterocycles. The van der Waals surface area contributed by atoms with Crippen molar-refractivity contribution >= 4 is 27.5 Å². The monoisotopic (exact) mass is 370 g/mol. The fourth-order valence-corrected chi connectivity index (χ4v) is 2.82. The van der Waals surface area contributed by atoms with Crippen molar-refractivity contribution in [3.8, 4) is 0 Å². The van der Waals surface area contributed by atoms with Gasteiger partial charge in [0.2, 0.25) is 0 Å². The summed E-state index contributed by atoms with van der Waals surface area (Å²) in [6, 6.07) is 7.91. The molecule has 2 rings (SSSR count). The highest BCUT2D eigenvalue weighted by atomic mass is 79.9. The summed E-state index contributed by atoms with van der Waals surface area (Å²) in [5.74, 6) is 0. The lowest BCUT2D eigenvalue weighted by molar-refractivity contribution is 0.176. The molecule has 1 aromatic heterocycles. The molecule has 1 N–H and O–H groups in total. The number of halogens is 2. The van der Waals surface area contributed by atoms with Crippen LogP contribution in [0.2, 0.25) is 5.02 Å². The number of benzene rings is 1. The highest BCUT2D eigenvalue weighted by molar-refractivity contribution is 9.10. The molecule has 3 nitrogen and oxygen atoms in total. The van der Waals surface area contributed by atoms with Crippen LogP contribution in [0.15, 0.2) is 34.9 Å². The van der Waals surface area contributed by atoms with Gasteiger partial charge in [-0.05, 0) is 52.5 Å². The lowest BCUT2D eigenvalue weighted by atomic mass is 10.1. The molecule has 0 aliphatic rings. The SMILES string of the molecule is CCC(CC)n1ccc(CC(O)c2ccc(Br)c(Cl)c2)n1. The second-order valence-corrected chi connectivity index (χ2v) is 6.41. The summed E-state index contributed by atoms with van der Waals surface area (Å²) in [6.07, 6.45) is 4.00. The lowest BCUT2D eigenvalue weighted by Crippen LogP contribution is -2.09. The maximum Gasteiger partial charge on any atom is 0.0846 e. The van der Waals surface area contributed by atoms with Crippen molar-refractivity contribution in [2.45, 2.75) is 45.3 Å². The normalized spacial score (nSPS) is 12.9. The number of aromatic nitrogens is 2. The Kier molecular flexibility index (Phi) is 5.85. The van der Waals surface area contributed by atoms with Crippen LogP contribution in [0, 0.1) is 0 Å². The number of nitrogens with zero attached hydrogens (tertiary/aromatic N) is 2. The van der Waals surface area contributed by atoms with Gasteiger partial charge in [0.05, 0.1) is 22.9 Å². The van der Waals surface area contributed by atoms with Gasteiger partial charge in [-0.25, -0.2) is 0 Å². The number of rotatable bonds is 6. The second kappa shape index (κ2) is 7.43. The summed E-state index contributed by atoms with van der Waals surface area (Å²) in [6.45, 7) is 4.32. The molecule has 1 atom stereocenters. The number of hydrogen-bond donors (Lipinski definition) is 1. The molecular formula is C16H20BrClN2O. The molecule has 0 aliphatic carbocycles. The van der Waals surface area contributed by atoms with Crippen LogP contribution in [0.4, 0.5) is 0 Å². The van der Waals surface area contributed by atoms with Crippen LogP contribution >= 0.6 is 27.5 Å². The average Bonchev–Trinajstić information content (AvgIpc) is 2.91. The first kappa shape index (κ1) is 16.5. The van der Waals surface area contributed by atoms with Gasteiger partial charge in [0.15, 0.2) is 0 Å². The Morgan fingerprint density at radius 3 is 2.62 bits per heavy atom. The Morgan fingerprint density at radius 1 is 1.29 bits per heavy atom. The zero-order valence-electron chi connectivity index (χ0n) is 12.3. The zero-order valence-corrected chi connectivity index (χ0v) is 14.6. The molecular weight excluding hydrogens is 352 g/mol. The Morgan fingerprint density at radius 2 is 2.00 bits per heavy atom. The van der Waals surface area contributed by atoms with E-state index in [0.29, 0.717) is 17.5 Å². The Bertz CT molecular complexity index is 596. The van der Waals surface area contributed by atoms with Crippen molar-refractivity contribution in [3.05, 3.63) is 51.2 Å². The van der Waals surface area contributed by atoms with E-state index in [2.05, 4.69) is 34.9 Å². The van der Waals surface area contributed by atoms with Gasteiger partial charge in [0.1, 0.15) is 0 Å². The van der Waals surface area contributed by atoms with Crippen LogP contribution in [0.5, 0.6) is 0 Å². The largest absolute Gasteiger partial charge is 0.388 e. The molecule has 0 saturated carbocycles. The molecule has 0 spiro atoms. The van der Waals surface area contributed by atoms with E-state index in [1.807, 2.05) is 29.1 Å². The quantitative estimate of drug-likeness (QED) is 0.781. The molecule has 0 bridgehead atoms. The molecule has 21 heavy (non-hydrogen) atoms. The molecule has 0 fully saturated rings. The first-order chi connectivity index (χ1) is 10.0. The molecule has 1 aromatic carbocycles. The zero-order chi connectivity index (χ0) is 15.4. The van der Waals surface area contributed by atoms with Crippen molar-refractivity contribution in [2.24, 2.45) is 0 Å². The predicted octanol–water partition coefficient (Wildman–Crippen LogP) is 4.94. The van der Waals surface area contributed by atoms with E-state index in [4.69, 9.17) is 11.6 Å². The minimum Gasteiger partial charge on any atom is -0.388 e. The highest BCUT2D eigenvalue weighted by Crippen LogP contribution is 2.27. The topological polar surface area (TPSA) is 38.0 Å². The first-order valence-electron chi connectivity index (χ1n) is 7.22. The van der Waals surface area contributed by atoms with E-state index in [9.17, 15) is 5.11 Å². The third-order valence-electron chi connectivity index (χ3n) is 3.71. The minimum atomic E-state index is -0.597. The van der Waals surface area contributed by atoms with Crippen LogP contribution in [0.25, 0.3) is 0 Å². The van der Waals surface area contributed by atoms with Gasteiger partial charge in [0, 0.05) is 17.1 Å². The van der Waals surface area contributed by atoms with Gasteiger partial charge < -0.3 is 5.11 Å². The summed E-state index contributed by atoms with van der Waals surface area (Å²) in [5, 5.41) is 15.5. The summed E-state index contributed by atoms with van der Waals surface area (Å²) < 4.78 is 2.83. The van der Waals surface area contributed by atoms with Crippen LogP contribution in [-0.4, -0.2) is 14.9 Å². The van der Waals surface area contributed by atoms with Crippen molar-refractivity contribution in [1.29, 1.82) is 0 Å². The first-order valence-corrected chi connectivity index (χ1v) is 8.39. The lowest BCUT2D eigenvalue weighted by Gasteiger charge is -2.13. The summed E-state index contributed by atoms with van der Waals surface area (Å²) in [5.41, 5.74) is 1.70. The van der Waals surface area contributed by atoms with Gasteiger partial charge in [-0.2, -0.15) is 5.10 Å². The smallest absolute Gasteiger partial charge is 0.0846 e. The third-order valence-corrected chi connectivity index (χ3v) is 4.94. The third kappa shape index (κ3) is 4.09. The molecule has 1 unspecified atom stereocenters. The van der Waals surface area contributed by atoms with E-state index in [1.54, 1.807) is 6.07 Å². The van der Waals surface area contributed by atoms with Gasteiger partial charge >= 0.3 is 0 Å². The second-order valence-electron chi connectivity index (χ2n) is 5.15. The minimum absolute atomic E-state index is 0.429. The van der Waals surface area contributed by atoms with Crippen LogP contribution in [0.3, 0.4) is 0 Å². The molecule has 0 radical (unpaired) electrons. The molecule has 114 valence electrons. The molecule has 1 heterocycles. The highest BCUT2D eigenvalue weighted by Gasteiger charge is 2.14. The van der Waals surface area contributed by atoms with Crippen LogP contribution in [-0.2, 0) is 6.42 Å².